The first-order chi connectivity index (χ1) is 12.7. The third-order valence-corrected chi connectivity index (χ3v) is 6.27. The Morgan fingerprint density at radius 2 is 1.85 bits per heavy atom. The molecular formula is C22H35N3O2. The Balaban J connectivity index is 1.35. The number of nitrogens with zero attached hydrogens (tertiary/aromatic N) is 2. The molecule has 0 spiro atoms. The molecule has 2 aliphatic rings. The molecule has 1 aromatic rings. The highest BCUT2D eigenvalue weighted by Gasteiger charge is 2.34. The molecule has 0 atom stereocenters. The third-order valence-electron chi connectivity index (χ3n) is 6.27. The van der Waals surface area contributed by atoms with Gasteiger partial charge in [-0.15, -0.1) is 0 Å². The van der Waals surface area contributed by atoms with E-state index in [4.69, 9.17) is 0 Å². The molecule has 1 saturated carbocycles. The van der Waals surface area contributed by atoms with E-state index < -0.39 is 5.60 Å². The highest BCUT2D eigenvalue weighted by atomic mass is 16.3. The molecule has 1 amide bonds. The standard InChI is InChI=1S/C22H35N3O2/c1-16-6-5-7-20(17(16)2)25-12-10-24(11-13-25)9-8-18-14-19(15-18)23-21(26)22(3,4)27/h5-7,18-19,27H,8-15H2,1-4H3,(H,23,26). The Morgan fingerprint density at radius 3 is 2.48 bits per heavy atom. The quantitative estimate of drug-likeness (QED) is 0.804. The summed E-state index contributed by atoms with van der Waals surface area (Å²) in [6.07, 6.45) is 3.30. The maximum Gasteiger partial charge on any atom is 0.251 e. The molecule has 1 aliphatic heterocycles. The molecule has 5 nitrogen and oxygen atoms in total. The molecule has 3 rings (SSSR count). The number of hydrogen-bond donors (Lipinski definition) is 2. The van der Waals surface area contributed by atoms with Crippen molar-refractivity contribution in [3.63, 3.8) is 0 Å². The first-order valence-electron chi connectivity index (χ1n) is 10.3. The predicted molar refractivity (Wildman–Crippen MR) is 110 cm³/mol. The Kier molecular flexibility index (Phi) is 6.11. The molecule has 27 heavy (non-hydrogen) atoms. The van der Waals surface area contributed by atoms with Crippen LogP contribution in [0.1, 0.15) is 44.2 Å². The molecule has 1 saturated heterocycles. The van der Waals surface area contributed by atoms with E-state index in [1.54, 1.807) is 0 Å². The molecule has 0 bridgehead atoms. The summed E-state index contributed by atoms with van der Waals surface area (Å²) < 4.78 is 0. The van der Waals surface area contributed by atoms with E-state index >= 15 is 0 Å². The Labute approximate surface area is 163 Å². The van der Waals surface area contributed by atoms with Crippen molar-refractivity contribution in [1.82, 2.24) is 10.2 Å². The van der Waals surface area contributed by atoms with Crippen molar-refractivity contribution in [1.29, 1.82) is 0 Å². The number of amides is 1. The second-order valence-corrected chi connectivity index (χ2v) is 8.90. The lowest BCUT2D eigenvalue weighted by atomic mass is 9.78. The fourth-order valence-electron chi connectivity index (χ4n) is 4.11. The minimum atomic E-state index is -1.28. The smallest absolute Gasteiger partial charge is 0.251 e. The van der Waals surface area contributed by atoms with E-state index in [1.165, 1.54) is 37.1 Å². The minimum absolute atomic E-state index is 0.245. The second-order valence-electron chi connectivity index (χ2n) is 8.90. The summed E-state index contributed by atoms with van der Waals surface area (Å²) in [6, 6.07) is 6.84. The van der Waals surface area contributed by atoms with Crippen LogP contribution in [0.3, 0.4) is 0 Å². The molecule has 1 aromatic carbocycles. The lowest BCUT2D eigenvalue weighted by Gasteiger charge is -2.40. The van der Waals surface area contributed by atoms with Crippen LogP contribution in [-0.4, -0.2) is 60.3 Å². The van der Waals surface area contributed by atoms with Crippen LogP contribution >= 0.6 is 0 Å². The van der Waals surface area contributed by atoms with Gasteiger partial charge in [0.05, 0.1) is 0 Å². The van der Waals surface area contributed by atoms with Crippen LogP contribution in [0.5, 0.6) is 0 Å². The van der Waals surface area contributed by atoms with E-state index in [1.807, 2.05) is 0 Å². The fourth-order valence-corrected chi connectivity index (χ4v) is 4.11. The van der Waals surface area contributed by atoms with Crippen LogP contribution < -0.4 is 10.2 Å². The summed E-state index contributed by atoms with van der Waals surface area (Å²) in [7, 11) is 0. The van der Waals surface area contributed by atoms with Gasteiger partial charge >= 0.3 is 0 Å². The van der Waals surface area contributed by atoms with Gasteiger partial charge in [-0.1, -0.05) is 12.1 Å². The fraction of sp³-hybridized carbons (Fsp3) is 0.682. The minimum Gasteiger partial charge on any atom is -0.381 e. The zero-order valence-corrected chi connectivity index (χ0v) is 17.3. The molecule has 2 N–H and O–H groups in total. The van der Waals surface area contributed by atoms with Crippen molar-refractivity contribution < 1.29 is 9.90 Å². The summed E-state index contributed by atoms with van der Waals surface area (Å²) in [5.41, 5.74) is 2.88. The van der Waals surface area contributed by atoms with Gasteiger partial charge < -0.3 is 15.3 Å². The van der Waals surface area contributed by atoms with E-state index in [0.29, 0.717) is 5.92 Å². The van der Waals surface area contributed by atoms with Gasteiger partial charge in [-0.3, -0.25) is 9.69 Å². The number of hydrogen-bond acceptors (Lipinski definition) is 4. The largest absolute Gasteiger partial charge is 0.381 e. The molecule has 1 heterocycles. The lowest BCUT2D eigenvalue weighted by Crippen LogP contribution is -2.52. The van der Waals surface area contributed by atoms with Gasteiger partial charge in [0, 0.05) is 37.9 Å². The average molecular weight is 374 g/mol. The van der Waals surface area contributed by atoms with Gasteiger partial charge in [-0.2, -0.15) is 0 Å². The highest BCUT2D eigenvalue weighted by Crippen LogP contribution is 2.31. The number of rotatable bonds is 6. The van der Waals surface area contributed by atoms with Crippen LogP contribution in [0.15, 0.2) is 18.2 Å². The third kappa shape index (κ3) is 5.02. The van der Waals surface area contributed by atoms with Gasteiger partial charge in [-0.05, 0) is 76.6 Å². The van der Waals surface area contributed by atoms with Crippen molar-refractivity contribution in [3.05, 3.63) is 29.3 Å². The maximum atomic E-state index is 11.8. The Bertz CT molecular complexity index is 654. The molecule has 150 valence electrons. The van der Waals surface area contributed by atoms with Crippen molar-refractivity contribution in [2.24, 2.45) is 5.92 Å². The van der Waals surface area contributed by atoms with Gasteiger partial charge in [-0.25, -0.2) is 0 Å². The topological polar surface area (TPSA) is 55.8 Å². The number of benzene rings is 1. The second kappa shape index (κ2) is 8.19. The van der Waals surface area contributed by atoms with Crippen LogP contribution in [0.2, 0.25) is 0 Å². The number of carbonyl (C=O) groups is 1. The molecule has 5 heteroatoms. The SMILES string of the molecule is Cc1cccc(N2CCN(CCC3CC(NC(=O)C(C)(C)O)C3)CC2)c1C. The normalized spacial score (nSPS) is 23.8. The first kappa shape index (κ1) is 20.2. The van der Waals surface area contributed by atoms with Crippen LogP contribution in [-0.2, 0) is 4.79 Å². The van der Waals surface area contributed by atoms with Crippen molar-refractivity contribution in [3.8, 4) is 0 Å². The predicted octanol–water partition coefficient (Wildman–Crippen LogP) is 2.48. The number of piperazine rings is 1. The van der Waals surface area contributed by atoms with Crippen LogP contribution in [0, 0.1) is 19.8 Å². The van der Waals surface area contributed by atoms with Crippen LogP contribution in [0.25, 0.3) is 0 Å². The van der Waals surface area contributed by atoms with Crippen molar-refractivity contribution in [2.45, 2.75) is 58.6 Å². The van der Waals surface area contributed by atoms with Gasteiger partial charge in [0.25, 0.3) is 5.91 Å². The Hall–Kier alpha value is -1.59. The van der Waals surface area contributed by atoms with E-state index in [-0.39, 0.29) is 11.9 Å². The number of anilines is 1. The molecule has 0 aromatic heterocycles. The lowest BCUT2D eigenvalue weighted by molar-refractivity contribution is -0.138. The summed E-state index contributed by atoms with van der Waals surface area (Å²) >= 11 is 0. The first-order valence-corrected chi connectivity index (χ1v) is 10.3. The maximum absolute atomic E-state index is 11.8. The molecule has 0 unspecified atom stereocenters. The zero-order chi connectivity index (χ0) is 19.6. The van der Waals surface area contributed by atoms with Crippen molar-refractivity contribution >= 4 is 11.6 Å². The number of carbonyl (C=O) groups excluding carboxylic acids is 1. The van der Waals surface area contributed by atoms with E-state index in [2.05, 4.69) is 47.2 Å². The molecule has 0 radical (unpaired) electrons. The molecule has 2 fully saturated rings. The van der Waals surface area contributed by atoms with Crippen molar-refractivity contribution in [2.75, 3.05) is 37.6 Å². The highest BCUT2D eigenvalue weighted by molar-refractivity contribution is 5.84. The van der Waals surface area contributed by atoms with Gasteiger partial charge in [0.15, 0.2) is 0 Å². The molecule has 1 aliphatic carbocycles. The molecular weight excluding hydrogens is 338 g/mol. The zero-order valence-electron chi connectivity index (χ0n) is 17.3. The van der Waals surface area contributed by atoms with Gasteiger partial charge in [0.2, 0.25) is 0 Å². The summed E-state index contributed by atoms with van der Waals surface area (Å²) in [5.74, 6) is 0.447. The number of nitrogens with one attached hydrogen (secondary N) is 1. The van der Waals surface area contributed by atoms with Crippen LogP contribution in [0.4, 0.5) is 5.69 Å². The van der Waals surface area contributed by atoms with E-state index in [0.717, 1.165) is 45.6 Å². The summed E-state index contributed by atoms with van der Waals surface area (Å²) in [4.78, 5) is 16.9. The Morgan fingerprint density at radius 1 is 1.19 bits per heavy atom. The monoisotopic (exact) mass is 373 g/mol. The summed E-state index contributed by atoms with van der Waals surface area (Å²) in [6.45, 7) is 13.1. The van der Waals surface area contributed by atoms with Gasteiger partial charge in [0.1, 0.15) is 5.60 Å². The summed E-state index contributed by atoms with van der Waals surface area (Å²) in [5, 5.41) is 12.7. The van der Waals surface area contributed by atoms with E-state index in [9.17, 15) is 9.90 Å². The number of aliphatic hydroxyl groups is 1. The average Bonchev–Trinajstić information content (AvgIpc) is 2.58. The number of aryl methyl sites for hydroxylation is 1.